The molecular weight excluding hydrogens is 456 g/mol. The van der Waals surface area contributed by atoms with E-state index in [1.54, 1.807) is 12.1 Å². The monoisotopic (exact) mass is 474 g/mol. The molecule has 0 aliphatic rings. The van der Waals surface area contributed by atoms with Crippen LogP contribution >= 0.6 is 23.4 Å². The van der Waals surface area contributed by atoms with Gasteiger partial charge in [0.1, 0.15) is 11.3 Å². The van der Waals surface area contributed by atoms with E-state index in [0.29, 0.717) is 16.4 Å². The molecule has 3 aromatic carbocycles. The number of phenolic OH excluding ortho intramolecular Hbond substituents is 1. The van der Waals surface area contributed by atoms with Crippen molar-refractivity contribution in [2.24, 2.45) is 0 Å². The number of hydrogen-bond donors (Lipinski definition) is 1. The molecule has 5 nitrogen and oxygen atoms in total. The summed E-state index contributed by atoms with van der Waals surface area (Å²) in [6, 6.07) is 22.1. The molecule has 0 spiro atoms. The topological polar surface area (TPSA) is 68.3 Å². The van der Waals surface area contributed by atoms with Crippen molar-refractivity contribution in [1.29, 1.82) is 0 Å². The molecular formula is C26H19ClN2O3S. The number of aromatic hydroxyl groups is 1. The first-order valence-corrected chi connectivity index (χ1v) is 11.6. The number of fused-ring (bicyclic) bond motifs is 1. The number of hydrogen-bond acceptors (Lipinski definition) is 5. The van der Waals surface area contributed by atoms with Crippen LogP contribution in [0, 0.1) is 6.92 Å². The van der Waals surface area contributed by atoms with Gasteiger partial charge in [0, 0.05) is 33.9 Å². The van der Waals surface area contributed by atoms with Crippen molar-refractivity contribution in [2.45, 2.75) is 17.8 Å². The lowest BCUT2D eigenvalue weighted by atomic mass is 10.1. The maximum atomic E-state index is 12.1. The molecule has 5 aromatic rings. The van der Waals surface area contributed by atoms with Gasteiger partial charge in [0.05, 0.1) is 17.6 Å². The Kier molecular flexibility index (Phi) is 5.70. The third kappa shape index (κ3) is 4.27. The minimum atomic E-state index is -0.451. The summed E-state index contributed by atoms with van der Waals surface area (Å²) in [4.78, 5) is 16.8. The summed E-state index contributed by atoms with van der Waals surface area (Å²) in [6.07, 6.45) is 1.85. The maximum Gasteiger partial charge on any atom is 0.336 e. The largest absolute Gasteiger partial charge is 0.508 e. The number of para-hydroxylation sites is 1. The van der Waals surface area contributed by atoms with Crippen LogP contribution in [0.2, 0.25) is 5.02 Å². The first kappa shape index (κ1) is 21.4. The number of benzene rings is 3. The van der Waals surface area contributed by atoms with Gasteiger partial charge in [-0.3, -0.25) is 4.57 Å². The summed E-state index contributed by atoms with van der Waals surface area (Å²) in [5.74, 6) is 0.564. The van der Waals surface area contributed by atoms with Gasteiger partial charge in [-0.2, -0.15) is 0 Å². The molecule has 0 radical (unpaired) electrons. The van der Waals surface area contributed by atoms with Gasteiger partial charge in [-0.25, -0.2) is 9.78 Å². The number of thioether (sulfide) groups is 1. The first-order chi connectivity index (χ1) is 16.0. The highest BCUT2D eigenvalue weighted by Gasteiger charge is 2.17. The molecule has 0 bridgehead atoms. The lowest BCUT2D eigenvalue weighted by Gasteiger charge is -2.15. The lowest BCUT2D eigenvalue weighted by molar-refractivity contribution is 0.473. The van der Waals surface area contributed by atoms with Gasteiger partial charge in [0.25, 0.3) is 0 Å². The van der Waals surface area contributed by atoms with E-state index in [1.165, 1.54) is 23.9 Å². The Bertz CT molecular complexity index is 1520. The maximum absolute atomic E-state index is 12.1. The molecule has 0 fully saturated rings. The Hall–Kier alpha value is -3.48. The van der Waals surface area contributed by atoms with Crippen molar-refractivity contribution >= 4 is 34.3 Å². The second kappa shape index (κ2) is 8.81. The highest BCUT2D eigenvalue weighted by Crippen LogP contribution is 2.34. The highest BCUT2D eigenvalue weighted by molar-refractivity contribution is 7.98. The first-order valence-electron chi connectivity index (χ1n) is 10.3. The van der Waals surface area contributed by atoms with Crippen LogP contribution < -0.4 is 5.63 Å². The summed E-state index contributed by atoms with van der Waals surface area (Å²) in [6.45, 7) is 2.07. The standard InChI is InChI=1S/C26H19ClN2O3S/c1-16-4-2-3-5-22(16)29-23(17-6-8-19(27)9-7-17)14-28-26(29)33-15-18-12-25(31)32-24-13-20(30)10-11-21(18)24/h2-14,30H,15H2,1H3. The van der Waals surface area contributed by atoms with Crippen molar-refractivity contribution < 1.29 is 9.52 Å². The number of aryl methyl sites for hydroxylation is 1. The molecule has 0 atom stereocenters. The van der Waals surface area contributed by atoms with Gasteiger partial charge < -0.3 is 9.52 Å². The molecule has 0 saturated carbocycles. The van der Waals surface area contributed by atoms with Crippen molar-refractivity contribution in [1.82, 2.24) is 9.55 Å². The molecule has 0 aliphatic carbocycles. The molecule has 0 aliphatic heterocycles. The minimum Gasteiger partial charge on any atom is -0.508 e. The summed E-state index contributed by atoms with van der Waals surface area (Å²) in [7, 11) is 0. The highest BCUT2D eigenvalue weighted by atomic mass is 35.5. The number of rotatable bonds is 5. The number of halogens is 1. The Morgan fingerprint density at radius 1 is 1.06 bits per heavy atom. The van der Waals surface area contributed by atoms with Crippen LogP contribution in [0.4, 0.5) is 0 Å². The molecule has 2 aromatic heterocycles. The quantitative estimate of drug-likeness (QED) is 0.229. The zero-order chi connectivity index (χ0) is 22.9. The third-order valence-electron chi connectivity index (χ3n) is 5.40. The number of aromatic nitrogens is 2. The predicted octanol–water partition coefficient (Wildman–Crippen LogP) is 6.61. The number of nitrogens with zero attached hydrogens (tertiary/aromatic N) is 2. The average molecular weight is 475 g/mol. The van der Waals surface area contributed by atoms with Gasteiger partial charge in [-0.1, -0.05) is 53.7 Å². The molecule has 1 N–H and O–H groups in total. The van der Waals surface area contributed by atoms with Crippen molar-refractivity contribution in [3.05, 3.63) is 106 Å². The third-order valence-corrected chi connectivity index (χ3v) is 6.65. The summed E-state index contributed by atoms with van der Waals surface area (Å²) < 4.78 is 7.39. The van der Waals surface area contributed by atoms with Crippen LogP contribution in [0.5, 0.6) is 5.75 Å². The fourth-order valence-corrected chi connectivity index (χ4v) is 4.89. The Morgan fingerprint density at radius 2 is 1.85 bits per heavy atom. The average Bonchev–Trinajstić information content (AvgIpc) is 3.21. The van der Waals surface area contributed by atoms with Gasteiger partial charge >= 0.3 is 5.63 Å². The Balaban J connectivity index is 1.58. The second-order valence-electron chi connectivity index (χ2n) is 7.61. The van der Waals surface area contributed by atoms with E-state index in [1.807, 2.05) is 42.6 Å². The molecule has 2 heterocycles. The van der Waals surface area contributed by atoms with Crippen molar-refractivity contribution in [2.75, 3.05) is 0 Å². The van der Waals surface area contributed by atoms with Crippen LogP contribution in [0.25, 0.3) is 27.9 Å². The van der Waals surface area contributed by atoms with Gasteiger partial charge in [-0.15, -0.1) is 0 Å². The van der Waals surface area contributed by atoms with Crippen LogP contribution in [0.15, 0.2) is 93.4 Å². The fourth-order valence-electron chi connectivity index (χ4n) is 3.79. The molecule has 164 valence electrons. The van der Waals surface area contributed by atoms with Crippen molar-refractivity contribution in [3.8, 4) is 22.7 Å². The zero-order valence-electron chi connectivity index (χ0n) is 17.7. The van der Waals surface area contributed by atoms with E-state index in [9.17, 15) is 9.90 Å². The number of phenols is 1. The molecule has 0 amide bonds. The SMILES string of the molecule is Cc1ccccc1-n1c(-c2ccc(Cl)cc2)cnc1SCc1cc(=O)oc2cc(O)ccc12. The van der Waals surface area contributed by atoms with E-state index in [2.05, 4.69) is 23.6 Å². The van der Waals surface area contributed by atoms with E-state index in [4.69, 9.17) is 21.0 Å². The summed E-state index contributed by atoms with van der Waals surface area (Å²) in [5.41, 5.74) is 4.83. The van der Waals surface area contributed by atoms with Crippen LogP contribution in [-0.2, 0) is 5.75 Å². The van der Waals surface area contributed by atoms with E-state index < -0.39 is 5.63 Å². The van der Waals surface area contributed by atoms with E-state index in [0.717, 1.165) is 38.6 Å². The minimum absolute atomic E-state index is 0.0538. The molecule has 7 heteroatoms. The Labute approximate surface area is 199 Å². The summed E-state index contributed by atoms with van der Waals surface area (Å²) in [5, 5.41) is 12.0. The zero-order valence-corrected chi connectivity index (χ0v) is 19.2. The molecule has 0 saturated heterocycles. The smallest absolute Gasteiger partial charge is 0.336 e. The van der Waals surface area contributed by atoms with Crippen LogP contribution in [0.1, 0.15) is 11.1 Å². The van der Waals surface area contributed by atoms with Crippen molar-refractivity contribution in [3.63, 3.8) is 0 Å². The molecule has 5 rings (SSSR count). The molecule has 33 heavy (non-hydrogen) atoms. The van der Waals surface area contributed by atoms with Crippen LogP contribution in [-0.4, -0.2) is 14.7 Å². The summed E-state index contributed by atoms with van der Waals surface area (Å²) >= 11 is 7.63. The van der Waals surface area contributed by atoms with Gasteiger partial charge in [-0.05, 0) is 48.4 Å². The molecule has 0 unspecified atom stereocenters. The van der Waals surface area contributed by atoms with E-state index >= 15 is 0 Å². The normalized spacial score (nSPS) is 11.2. The number of imidazole rings is 1. The van der Waals surface area contributed by atoms with Gasteiger partial charge in [0.2, 0.25) is 0 Å². The second-order valence-corrected chi connectivity index (χ2v) is 8.99. The van der Waals surface area contributed by atoms with E-state index in [-0.39, 0.29) is 5.75 Å². The Morgan fingerprint density at radius 3 is 2.64 bits per heavy atom. The fraction of sp³-hybridized carbons (Fsp3) is 0.0769. The van der Waals surface area contributed by atoms with Gasteiger partial charge in [0.15, 0.2) is 5.16 Å². The predicted molar refractivity (Wildman–Crippen MR) is 132 cm³/mol. The lowest BCUT2D eigenvalue weighted by Crippen LogP contribution is -2.03. The van der Waals surface area contributed by atoms with Crippen LogP contribution in [0.3, 0.4) is 0 Å².